The van der Waals surface area contributed by atoms with Crippen LogP contribution in [0.5, 0.6) is 0 Å². The highest BCUT2D eigenvalue weighted by Gasteiger charge is 2.33. The molecular formula is C17H19N5. The van der Waals surface area contributed by atoms with Crippen molar-refractivity contribution in [1.82, 2.24) is 14.8 Å². The van der Waals surface area contributed by atoms with Crippen LogP contribution in [0, 0.1) is 11.3 Å². The predicted molar refractivity (Wildman–Crippen MR) is 85.0 cm³/mol. The number of hydrazone groups is 1. The summed E-state index contributed by atoms with van der Waals surface area (Å²) in [5, 5.41) is 20.5. The standard InChI is InChI=1S/C17H19N5/c1-3-21-12-15(11-19-21)17(10-18)22-16(9-13(2)20-22)14-7-5-4-6-8-14/h4-8,11-12,16-17H,3,9H2,1-2H3/t16-,17-/m1/s1. The van der Waals surface area contributed by atoms with Gasteiger partial charge in [-0.1, -0.05) is 30.3 Å². The molecule has 1 aromatic heterocycles. The third-order valence-corrected chi connectivity index (χ3v) is 3.96. The Balaban J connectivity index is 1.94. The monoisotopic (exact) mass is 293 g/mol. The molecular weight excluding hydrogens is 274 g/mol. The van der Waals surface area contributed by atoms with Crippen molar-refractivity contribution < 1.29 is 0 Å². The van der Waals surface area contributed by atoms with E-state index in [1.807, 2.05) is 47.9 Å². The van der Waals surface area contributed by atoms with Gasteiger partial charge in [-0.2, -0.15) is 15.5 Å². The summed E-state index contributed by atoms with van der Waals surface area (Å²) in [7, 11) is 0. The molecule has 2 aromatic rings. The quantitative estimate of drug-likeness (QED) is 0.869. The SMILES string of the molecule is CCn1cc([C@@H](C#N)N2N=C(C)C[C@@H]2c2ccccc2)cn1. The Kier molecular flexibility index (Phi) is 3.92. The predicted octanol–water partition coefficient (Wildman–Crippen LogP) is 3.29. The van der Waals surface area contributed by atoms with Crippen LogP contribution in [0.4, 0.5) is 0 Å². The van der Waals surface area contributed by atoms with Gasteiger partial charge in [-0.25, -0.2) is 0 Å². The fraction of sp³-hybridized carbons (Fsp3) is 0.353. The summed E-state index contributed by atoms with van der Waals surface area (Å²) < 4.78 is 1.84. The van der Waals surface area contributed by atoms with E-state index >= 15 is 0 Å². The summed E-state index contributed by atoms with van der Waals surface area (Å²) in [5.41, 5.74) is 3.13. The van der Waals surface area contributed by atoms with Crippen LogP contribution < -0.4 is 0 Å². The van der Waals surface area contributed by atoms with Crippen molar-refractivity contribution in [3.63, 3.8) is 0 Å². The second-order valence-corrected chi connectivity index (χ2v) is 5.51. The molecule has 0 amide bonds. The maximum absolute atomic E-state index is 9.67. The first-order valence-electron chi connectivity index (χ1n) is 7.52. The van der Waals surface area contributed by atoms with E-state index in [0.717, 1.165) is 24.2 Å². The van der Waals surface area contributed by atoms with Crippen molar-refractivity contribution in [3.8, 4) is 6.07 Å². The van der Waals surface area contributed by atoms with Crippen LogP contribution in [0.3, 0.4) is 0 Å². The average molecular weight is 293 g/mol. The molecule has 0 N–H and O–H groups in total. The number of aryl methyl sites for hydroxylation is 1. The van der Waals surface area contributed by atoms with Crippen LogP contribution in [0.2, 0.25) is 0 Å². The van der Waals surface area contributed by atoms with E-state index in [2.05, 4.69) is 28.4 Å². The van der Waals surface area contributed by atoms with Gasteiger partial charge in [0.05, 0.1) is 18.3 Å². The van der Waals surface area contributed by atoms with Crippen LogP contribution in [0.1, 0.15) is 43.5 Å². The molecule has 0 aliphatic carbocycles. The van der Waals surface area contributed by atoms with Crippen LogP contribution >= 0.6 is 0 Å². The second kappa shape index (κ2) is 6.02. The average Bonchev–Trinajstić information content (AvgIpc) is 3.16. The third kappa shape index (κ3) is 2.60. The van der Waals surface area contributed by atoms with E-state index in [9.17, 15) is 5.26 Å². The van der Waals surface area contributed by atoms with Crippen molar-refractivity contribution in [3.05, 3.63) is 53.9 Å². The number of rotatable bonds is 4. The first kappa shape index (κ1) is 14.3. The molecule has 2 heterocycles. The Labute approximate surface area is 130 Å². The number of hydrogen-bond donors (Lipinski definition) is 0. The fourth-order valence-corrected chi connectivity index (χ4v) is 2.84. The topological polar surface area (TPSA) is 57.2 Å². The maximum atomic E-state index is 9.67. The number of nitrogens with zero attached hydrogens (tertiary/aromatic N) is 5. The van der Waals surface area contributed by atoms with Crippen molar-refractivity contribution in [2.24, 2.45) is 5.10 Å². The van der Waals surface area contributed by atoms with E-state index in [4.69, 9.17) is 0 Å². The molecule has 2 atom stereocenters. The highest BCUT2D eigenvalue weighted by atomic mass is 15.5. The molecule has 1 aliphatic heterocycles. The maximum Gasteiger partial charge on any atom is 0.162 e. The molecule has 1 aliphatic rings. The van der Waals surface area contributed by atoms with Gasteiger partial charge < -0.3 is 0 Å². The van der Waals surface area contributed by atoms with Crippen molar-refractivity contribution in [2.45, 2.75) is 38.9 Å². The Morgan fingerprint density at radius 2 is 2.14 bits per heavy atom. The number of hydrogen-bond acceptors (Lipinski definition) is 4. The first-order chi connectivity index (χ1) is 10.7. The lowest BCUT2D eigenvalue weighted by molar-refractivity contribution is 0.196. The summed E-state index contributed by atoms with van der Waals surface area (Å²) in [6, 6.07) is 12.3. The van der Waals surface area contributed by atoms with Gasteiger partial charge in [-0.05, 0) is 19.4 Å². The minimum absolute atomic E-state index is 0.107. The van der Waals surface area contributed by atoms with Gasteiger partial charge in [0.1, 0.15) is 0 Å². The van der Waals surface area contributed by atoms with Crippen LogP contribution in [-0.2, 0) is 6.54 Å². The zero-order valence-corrected chi connectivity index (χ0v) is 12.8. The lowest BCUT2D eigenvalue weighted by Gasteiger charge is -2.27. The first-order valence-corrected chi connectivity index (χ1v) is 7.52. The normalized spacial score (nSPS) is 18.9. The number of benzene rings is 1. The molecule has 0 saturated carbocycles. The summed E-state index contributed by atoms with van der Waals surface area (Å²) in [5.74, 6) is 0. The van der Waals surface area contributed by atoms with Gasteiger partial charge in [0.2, 0.25) is 0 Å². The molecule has 0 fully saturated rings. The Bertz CT molecular complexity index is 710. The summed E-state index contributed by atoms with van der Waals surface area (Å²) in [6.07, 6.45) is 4.55. The Hall–Kier alpha value is -2.61. The number of nitriles is 1. The molecule has 22 heavy (non-hydrogen) atoms. The van der Waals surface area contributed by atoms with Crippen molar-refractivity contribution in [1.29, 1.82) is 5.26 Å². The van der Waals surface area contributed by atoms with E-state index in [1.54, 1.807) is 6.20 Å². The van der Waals surface area contributed by atoms with Gasteiger partial charge in [-0.3, -0.25) is 9.69 Å². The summed E-state index contributed by atoms with van der Waals surface area (Å²) in [6.45, 7) is 4.84. The van der Waals surface area contributed by atoms with Gasteiger partial charge in [-0.15, -0.1) is 0 Å². The highest BCUT2D eigenvalue weighted by Crippen LogP contribution is 2.37. The zero-order chi connectivity index (χ0) is 15.5. The summed E-state index contributed by atoms with van der Waals surface area (Å²) in [4.78, 5) is 0. The lowest BCUT2D eigenvalue weighted by atomic mass is 10.0. The van der Waals surface area contributed by atoms with Gasteiger partial charge >= 0.3 is 0 Å². The molecule has 1 aromatic carbocycles. The lowest BCUT2D eigenvalue weighted by Crippen LogP contribution is -2.24. The van der Waals surface area contributed by atoms with Gasteiger partial charge in [0, 0.05) is 30.4 Å². The molecule has 5 nitrogen and oxygen atoms in total. The van der Waals surface area contributed by atoms with E-state index in [1.165, 1.54) is 5.56 Å². The largest absolute Gasteiger partial charge is 0.273 e. The molecule has 0 bridgehead atoms. The second-order valence-electron chi connectivity index (χ2n) is 5.51. The minimum Gasteiger partial charge on any atom is -0.273 e. The summed E-state index contributed by atoms with van der Waals surface area (Å²) >= 11 is 0. The molecule has 0 unspecified atom stereocenters. The van der Waals surface area contributed by atoms with E-state index in [-0.39, 0.29) is 6.04 Å². The fourth-order valence-electron chi connectivity index (χ4n) is 2.84. The highest BCUT2D eigenvalue weighted by molar-refractivity contribution is 5.84. The molecule has 0 radical (unpaired) electrons. The molecule has 112 valence electrons. The van der Waals surface area contributed by atoms with Crippen molar-refractivity contribution >= 4 is 5.71 Å². The van der Waals surface area contributed by atoms with Crippen molar-refractivity contribution in [2.75, 3.05) is 0 Å². The molecule has 0 spiro atoms. The van der Waals surface area contributed by atoms with Crippen LogP contribution in [0.25, 0.3) is 0 Å². The smallest absolute Gasteiger partial charge is 0.162 e. The van der Waals surface area contributed by atoms with Gasteiger partial charge in [0.25, 0.3) is 0 Å². The molecule has 0 saturated heterocycles. The van der Waals surface area contributed by atoms with E-state index < -0.39 is 6.04 Å². The zero-order valence-electron chi connectivity index (χ0n) is 12.8. The Morgan fingerprint density at radius 3 is 2.77 bits per heavy atom. The third-order valence-electron chi connectivity index (χ3n) is 3.96. The minimum atomic E-state index is -0.414. The van der Waals surface area contributed by atoms with Crippen LogP contribution in [0.15, 0.2) is 47.8 Å². The molecule has 3 rings (SSSR count). The Morgan fingerprint density at radius 1 is 1.36 bits per heavy atom. The van der Waals surface area contributed by atoms with E-state index in [0.29, 0.717) is 0 Å². The molecule has 5 heteroatoms. The van der Waals surface area contributed by atoms with Gasteiger partial charge in [0.15, 0.2) is 6.04 Å². The van der Waals surface area contributed by atoms with Crippen LogP contribution in [-0.4, -0.2) is 20.5 Å². The number of aromatic nitrogens is 2.